The maximum Gasteiger partial charge on any atom is 0.128 e. The molecule has 24 heavy (non-hydrogen) atoms. The first-order chi connectivity index (χ1) is 11.7. The van der Waals surface area contributed by atoms with Crippen LogP contribution in [-0.2, 0) is 0 Å². The Kier molecular flexibility index (Phi) is 7.27. The van der Waals surface area contributed by atoms with Gasteiger partial charge < -0.3 is 9.84 Å². The Bertz CT molecular complexity index is 653. The number of unbranched alkanes of at least 4 members (excludes halogenated alkanes) is 4. The van der Waals surface area contributed by atoms with Crippen molar-refractivity contribution in [1.29, 1.82) is 0 Å². The highest BCUT2D eigenvalue weighted by Gasteiger charge is 2.02. The van der Waals surface area contributed by atoms with Crippen LogP contribution >= 0.6 is 0 Å². The van der Waals surface area contributed by atoms with Gasteiger partial charge in [0.05, 0.1) is 12.3 Å². The van der Waals surface area contributed by atoms with Crippen molar-refractivity contribution in [3.8, 4) is 11.5 Å². The fourth-order valence-electron chi connectivity index (χ4n) is 2.29. The molecule has 0 heterocycles. The van der Waals surface area contributed by atoms with E-state index in [0.29, 0.717) is 23.6 Å². The Balaban J connectivity index is 1.86. The highest BCUT2D eigenvalue weighted by atomic mass is 19.1. The molecule has 0 saturated carbocycles. The number of hydrogen-bond donors (Lipinski definition) is 1. The van der Waals surface area contributed by atoms with E-state index in [4.69, 9.17) is 4.74 Å². The third-order valence-electron chi connectivity index (χ3n) is 3.70. The summed E-state index contributed by atoms with van der Waals surface area (Å²) in [4.78, 5) is 4.22. The summed E-state index contributed by atoms with van der Waals surface area (Å²) in [6, 6.07) is 11.0. The number of rotatable bonds is 9. The summed E-state index contributed by atoms with van der Waals surface area (Å²) in [5, 5.41) is 10.1. The van der Waals surface area contributed by atoms with Gasteiger partial charge in [-0.25, -0.2) is 4.39 Å². The number of hydrogen-bond acceptors (Lipinski definition) is 3. The molecule has 0 atom stereocenters. The van der Waals surface area contributed by atoms with E-state index in [-0.39, 0.29) is 11.6 Å². The van der Waals surface area contributed by atoms with Crippen LogP contribution in [0.15, 0.2) is 47.5 Å². The highest BCUT2D eigenvalue weighted by molar-refractivity contribution is 5.85. The standard InChI is InChI=1S/C20H24FNO2/c1-2-3-4-5-6-13-24-19-12-7-16(20(23)14-19)15-22-18-10-8-17(21)9-11-18/h7-12,14-15,23H,2-6,13H2,1H3. The number of aromatic hydroxyl groups is 1. The molecule has 0 fully saturated rings. The summed E-state index contributed by atoms with van der Waals surface area (Å²) in [7, 11) is 0. The van der Waals surface area contributed by atoms with Crippen LogP contribution in [0.1, 0.15) is 44.6 Å². The molecule has 4 heteroatoms. The minimum Gasteiger partial charge on any atom is -0.507 e. The Morgan fingerprint density at radius 3 is 2.50 bits per heavy atom. The van der Waals surface area contributed by atoms with Crippen LogP contribution in [0.25, 0.3) is 0 Å². The summed E-state index contributed by atoms with van der Waals surface area (Å²) in [6.07, 6.45) is 7.48. The largest absolute Gasteiger partial charge is 0.507 e. The van der Waals surface area contributed by atoms with Gasteiger partial charge >= 0.3 is 0 Å². The van der Waals surface area contributed by atoms with Crippen molar-refractivity contribution in [1.82, 2.24) is 0 Å². The summed E-state index contributed by atoms with van der Waals surface area (Å²) in [5.74, 6) is 0.472. The molecule has 128 valence electrons. The van der Waals surface area contributed by atoms with Crippen molar-refractivity contribution in [3.05, 3.63) is 53.8 Å². The van der Waals surface area contributed by atoms with Gasteiger partial charge in [0.2, 0.25) is 0 Å². The molecule has 0 bridgehead atoms. The third-order valence-corrected chi connectivity index (χ3v) is 3.70. The van der Waals surface area contributed by atoms with Gasteiger partial charge in [-0.1, -0.05) is 32.6 Å². The zero-order chi connectivity index (χ0) is 17.2. The molecular weight excluding hydrogens is 305 g/mol. The maximum absolute atomic E-state index is 12.8. The van der Waals surface area contributed by atoms with E-state index >= 15 is 0 Å². The van der Waals surface area contributed by atoms with Crippen LogP contribution in [0.3, 0.4) is 0 Å². The molecule has 0 aromatic heterocycles. The van der Waals surface area contributed by atoms with Gasteiger partial charge in [-0.3, -0.25) is 4.99 Å². The number of phenolic OH excluding ortho intramolecular Hbond substituents is 1. The number of nitrogens with zero attached hydrogens (tertiary/aromatic N) is 1. The van der Waals surface area contributed by atoms with Gasteiger partial charge in [-0.15, -0.1) is 0 Å². The predicted molar refractivity (Wildman–Crippen MR) is 96.0 cm³/mol. The molecule has 2 rings (SSSR count). The first-order valence-electron chi connectivity index (χ1n) is 8.44. The summed E-state index contributed by atoms with van der Waals surface area (Å²) >= 11 is 0. The van der Waals surface area contributed by atoms with Crippen LogP contribution in [0.5, 0.6) is 11.5 Å². The molecule has 0 aliphatic rings. The number of aliphatic imine (C=N–C) groups is 1. The first-order valence-corrected chi connectivity index (χ1v) is 8.44. The van der Waals surface area contributed by atoms with E-state index in [1.807, 2.05) is 6.07 Å². The van der Waals surface area contributed by atoms with E-state index in [9.17, 15) is 9.50 Å². The topological polar surface area (TPSA) is 41.8 Å². The lowest BCUT2D eigenvalue weighted by Gasteiger charge is -2.07. The van der Waals surface area contributed by atoms with Crippen molar-refractivity contribution in [2.24, 2.45) is 4.99 Å². The predicted octanol–water partition coefficient (Wildman–Crippen LogP) is 5.63. The van der Waals surface area contributed by atoms with Gasteiger partial charge in [0.25, 0.3) is 0 Å². The molecule has 0 saturated heterocycles. The van der Waals surface area contributed by atoms with E-state index in [1.54, 1.807) is 30.5 Å². The number of phenols is 1. The third kappa shape index (κ3) is 6.03. The second kappa shape index (κ2) is 9.71. The Morgan fingerprint density at radius 1 is 1.04 bits per heavy atom. The number of benzene rings is 2. The fourth-order valence-corrected chi connectivity index (χ4v) is 2.29. The van der Waals surface area contributed by atoms with Gasteiger partial charge in [-0.05, 0) is 42.8 Å². The quantitative estimate of drug-likeness (QED) is 0.478. The normalized spacial score (nSPS) is 11.1. The molecule has 3 nitrogen and oxygen atoms in total. The SMILES string of the molecule is CCCCCCCOc1ccc(C=Nc2ccc(F)cc2)c(O)c1. The molecular formula is C20H24FNO2. The van der Waals surface area contributed by atoms with Crippen LogP contribution in [0.4, 0.5) is 10.1 Å². The molecule has 0 spiro atoms. The average Bonchev–Trinajstić information content (AvgIpc) is 2.59. The maximum atomic E-state index is 12.8. The van der Waals surface area contributed by atoms with Gasteiger partial charge in [0, 0.05) is 17.8 Å². The van der Waals surface area contributed by atoms with Gasteiger partial charge in [0.15, 0.2) is 0 Å². The van der Waals surface area contributed by atoms with E-state index in [1.165, 1.54) is 37.8 Å². The summed E-state index contributed by atoms with van der Waals surface area (Å²) < 4.78 is 18.5. The Morgan fingerprint density at radius 2 is 1.79 bits per heavy atom. The second-order valence-electron chi connectivity index (χ2n) is 5.72. The van der Waals surface area contributed by atoms with Crippen LogP contribution in [0.2, 0.25) is 0 Å². The van der Waals surface area contributed by atoms with Crippen molar-refractivity contribution in [2.45, 2.75) is 39.0 Å². The Hall–Kier alpha value is -2.36. The van der Waals surface area contributed by atoms with Crippen LogP contribution in [0, 0.1) is 5.82 Å². The molecule has 0 amide bonds. The number of ether oxygens (including phenoxy) is 1. The van der Waals surface area contributed by atoms with Crippen molar-refractivity contribution in [2.75, 3.05) is 6.61 Å². The van der Waals surface area contributed by atoms with Gasteiger partial charge in [-0.2, -0.15) is 0 Å². The van der Waals surface area contributed by atoms with E-state index in [0.717, 1.165) is 6.42 Å². The molecule has 0 aliphatic heterocycles. The summed E-state index contributed by atoms with van der Waals surface area (Å²) in [6.45, 7) is 2.85. The van der Waals surface area contributed by atoms with Crippen LogP contribution < -0.4 is 4.74 Å². The lowest BCUT2D eigenvalue weighted by molar-refractivity contribution is 0.303. The number of halogens is 1. The highest BCUT2D eigenvalue weighted by Crippen LogP contribution is 2.23. The van der Waals surface area contributed by atoms with Gasteiger partial charge in [0.1, 0.15) is 17.3 Å². The minimum atomic E-state index is -0.298. The molecule has 2 aromatic carbocycles. The molecule has 1 N–H and O–H groups in total. The zero-order valence-electron chi connectivity index (χ0n) is 14.0. The van der Waals surface area contributed by atoms with E-state index < -0.39 is 0 Å². The molecule has 0 radical (unpaired) electrons. The average molecular weight is 329 g/mol. The van der Waals surface area contributed by atoms with Crippen molar-refractivity contribution < 1.29 is 14.2 Å². The second-order valence-corrected chi connectivity index (χ2v) is 5.72. The molecule has 0 unspecified atom stereocenters. The lowest BCUT2D eigenvalue weighted by atomic mass is 10.2. The monoisotopic (exact) mass is 329 g/mol. The van der Waals surface area contributed by atoms with E-state index in [2.05, 4.69) is 11.9 Å². The van der Waals surface area contributed by atoms with Crippen molar-refractivity contribution in [3.63, 3.8) is 0 Å². The van der Waals surface area contributed by atoms with Crippen LogP contribution in [-0.4, -0.2) is 17.9 Å². The summed E-state index contributed by atoms with van der Waals surface area (Å²) in [5.41, 5.74) is 1.22. The smallest absolute Gasteiger partial charge is 0.128 e. The minimum absolute atomic E-state index is 0.115. The Labute approximate surface area is 142 Å². The first kappa shape index (κ1) is 18.0. The zero-order valence-corrected chi connectivity index (χ0v) is 14.0. The fraction of sp³-hybridized carbons (Fsp3) is 0.350. The molecule has 0 aliphatic carbocycles. The molecule has 2 aromatic rings. The van der Waals surface area contributed by atoms with Crippen molar-refractivity contribution >= 4 is 11.9 Å². The lowest BCUT2D eigenvalue weighted by Crippen LogP contribution is -1.97.